The molecule has 0 spiro atoms. The van der Waals surface area contributed by atoms with Crippen molar-refractivity contribution in [1.29, 1.82) is 0 Å². The van der Waals surface area contributed by atoms with Gasteiger partial charge >= 0.3 is 6.18 Å². The van der Waals surface area contributed by atoms with E-state index in [2.05, 4.69) is 15.3 Å². The lowest BCUT2D eigenvalue weighted by Gasteiger charge is -2.47. The number of alkyl halides is 3. The molecule has 182 valence electrons. The van der Waals surface area contributed by atoms with Crippen molar-refractivity contribution in [3.8, 4) is 0 Å². The molecule has 4 aliphatic carbocycles. The van der Waals surface area contributed by atoms with Crippen LogP contribution in [0, 0.1) is 11.8 Å². The van der Waals surface area contributed by atoms with E-state index in [0.717, 1.165) is 43.2 Å². The third kappa shape index (κ3) is 4.43. The summed E-state index contributed by atoms with van der Waals surface area (Å²) in [6, 6.07) is 0. The number of nitrogens with one attached hydrogen (secondary N) is 1. The van der Waals surface area contributed by atoms with Gasteiger partial charge < -0.3 is 15.3 Å². The van der Waals surface area contributed by atoms with Gasteiger partial charge in [0.25, 0.3) is 5.91 Å². The van der Waals surface area contributed by atoms with E-state index in [4.69, 9.17) is 0 Å². The highest BCUT2D eigenvalue weighted by Crippen LogP contribution is 2.55. The molecule has 2 atom stereocenters. The van der Waals surface area contributed by atoms with Crippen molar-refractivity contribution < 1.29 is 31.5 Å². The summed E-state index contributed by atoms with van der Waals surface area (Å²) in [5.74, 6) is -1.02. The fraction of sp³-hybridized carbons (Fsp3) is 0.762. The van der Waals surface area contributed by atoms with E-state index in [9.17, 15) is 31.5 Å². The van der Waals surface area contributed by atoms with Crippen LogP contribution in [0.4, 0.5) is 19.1 Å². The number of aromatic nitrogens is 2. The van der Waals surface area contributed by atoms with Crippen LogP contribution in [0.2, 0.25) is 0 Å². The predicted molar refractivity (Wildman–Crippen MR) is 112 cm³/mol. The van der Waals surface area contributed by atoms with Gasteiger partial charge in [-0.2, -0.15) is 13.2 Å². The zero-order valence-electron chi connectivity index (χ0n) is 18.1. The first-order chi connectivity index (χ1) is 15.4. The van der Waals surface area contributed by atoms with Crippen molar-refractivity contribution in [2.45, 2.75) is 62.3 Å². The Balaban J connectivity index is 1.42. The molecule has 1 amide bonds. The van der Waals surface area contributed by atoms with Gasteiger partial charge in [-0.05, 0) is 56.8 Å². The highest BCUT2D eigenvalue weighted by molar-refractivity contribution is 7.91. The van der Waals surface area contributed by atoms with E-state index < -0.39 is 44.3 Å². The fourth-order valence-electron chi connectivity index (χ4n) is 6.48. The molecule has 2 heterocycles. The Kier molecular flexibility index (Phi) is 5.20. The van der Waals surface area contributed by atoms with Gasteiger partial charge in [0.2, 0.25) is 5.95 Å². The fourth-order valence-corrected chi connectivity index (χ4v) is 7.68. The molecule has 5 fully saturated rings. The average Bonchev–Trinajstić information content (AvgIpc) is 2.86. The highest BCUT2D eigenvalue weighted by Gasteiger charge is 2.53. The maximum atomic E-state index is 13.9. The first kappa shape index (κ1) is 22.8. The molecule has 33 heavy (non-hydrogen) atoms. The molecule has 0 radical (unpaired) electrons. The second-order valence-electron chi connectivity index (χ2n) is 10.3. The van der Waals surface area contributed by atoms with Crippen LogP contribution in [-0.4, -0.2) is 70.0 Å². The molecule has 2 unspecified atom stereocenters. The van der Waals surface area contributed by atoms with Gasteiger partial charge in [0.1, 0.15) is 0 Å². The van der Waals surface area contributed by atoms with Crippen molar-refractivity contribution >= 4 is 21.7 Å². The Hall–Kier alpha value is -1.95. The summed E-state index contributed by atoms with van der Waals surface area (Å²) in [5.41, 5.74) is -3.16. The standard InChI is InChI=1S/C21H27F3N4O4S/c22-21(23,24)16-15(17(29)28-3-5-33(31,32)6-4-28)12-25-18(26-16)27-19-1-2-20(30)10-13(8-19)7-14(9-19)11-20/h12-14,30H,1-11H2,(H,25,26,27). The number of hydrogen-bond donors (Lipinski definition) is 2. The van der Waals surface area contributed by atoms with E-state index in [0.29, 0.717) is 24.7 Å². The van der Waals surface area contributed by atoms with Crippen molar-refractivity contribution in [3.63, 3.8) is 0 Å². The number of sulfone groups is 1. The largest absolute Gasteiger partial charge is 0.434 e. The number of carbonyl (C=O) groups excluding carboxylic acids is 1. The summed E-state index contributed by atoms with van der Waals surface area (Å²) in [5, 5.41) is 14.0. The van der Waals surface area contributed by atoms with E-state index >= 15 is 0 Å². The van der Waals surface area contributed by atoms with Crippen LogP contribution >= 0.6 is 0 Å². The monoisotopic (exact) mass is 488 g/mol. The molecule has 1 saturated heterocycles. The van der Waals surface area contributed by atoms with Gasteiger partial charge in [0.05, 0.1) is 22.7 Å². The van der Waals surface area contributed by atoms with Gasteiger partial charge in [0, 0.05) is 24.8 Å². The molecule has 1 aromatic rings. The lowest BCUT2D eigenvalue weighted by molar-refractivity contribution is -0.141. The van der Waals surface area contributed by atoms with Gasteiger partial charge in [-0.25, -0.2) is 18.4 Å². The van der Waals surface area contributed by atoms with Gasteiger partial charge in [0.15, 0.2) is 15.5 Å². The van der Waals surface area contributed by atoms with E-state index in [1.54, 1.807) is 0 Å². The third-order valence-electron chi connectivity index (χ3n) is 7.73. The minimum Gasteiger partial charge on any atom is -0.390 e. The number of rotatable bonds is 3. The molecule has 5 aliphatic rings. The molecular formula is C21H27F3N4O4S. The quantitative estimate of drug-likeness (QED) is 0.671. The van der Waals surface area contributed by atoms with E-state index in [1.807, 2.05) is 0 Å². The molecule has 2 N–H and O–H groups in total. The second kappa shape index (κ2) is 7.53. The van der Waals surface area contributed by atoms with Crippen LogP contribution in [0.3, 0.4) is 0 Å². The summed E-state index contributed by atoms with van der Waals surface area (Å²) in [6.45, 7) is -0.319. The number of anilines is 1. The lowest BCUT2D eigenvalue weighted by atomic mass is 9.64. The van der Waals surface area contributed by atoms with Crippen LogP contribution in [0.1, 0.15) is 61.0 Å². The number of halogens is 3. The Morgan fingerprint density at radius 2 is 1.76 bits per heavy atom. The minimum atomic E-state index is -4.88. The Labute approximate surface area is 189 Å². The van der Waals surface area contributed by atoms with Crippen molar-refractivity contribution in [2.75, 3.05) is 29.9 Å². The molecule has 1 aliphatic heterocycles. The summed E-state index contributed by atoms with van der Waals surface area (Å²) in [4.78, 5) is 21.7. The molecule has 0 aromatic carbocycles. The smallest absolute Gasteiger partial charge is 0.390 e. The van der Waals surface area contributed by atoms with Crippen molar-refractivity contribution in [3.05, 3.63) is 17.5 Å². The zero-order valence-corrected chi connectivity index (χ0v) is 18.9. The number of aliphatic hydroxyl groups is 1. The molecule has 4 saturated carbocycles. The molecular weight excluding hydrogens is 461 g/mol. The van der Waals surface area contributed by atoms with Crippen LogP contribution in [0.25, 0.3) is 0 Å². The van der Waals surface area contributed by atoms with Gasteiger partial charge in [-0.3, -0.25) is 4.79 Å². The maximum Gasteiger partial charge on any atom is 0.434 e. The van der Waals surface area contributed by atoms with Crippen molar-refractivity contribution in [1.82, 2.24) is 14.9 Å². The topological polar surface area (TPSA) is 112 Å². The molecule has 6 rings (SSSR count). The minimum absolute atomic E-state index is 0.159. The zero-order chi connectivity index (χ0) is 23.6. The number of carbonyl (C=O) groups is 1. The Morgan fingerprint density at radius 3 is 2.36 bits per heavy atom. The van der Waals surface area contributed by atoms with E-state index in [1.165, 1.54) is 0 Å². The number of amides is 1. The number of hydrogen-bond acceptors (Lipinski definition) is 7. The molecule has 1 aromatic heterocycles. The van der Waals surface area contributed by atoms with Gasteiger partial charge in [-0.1, -0.05) is 0 Å². The SMILES string of the molecule is O=C(c1cnc(NC23CCC4(O)CC(CC(C4)C2)C3)nc1C(F)(F)F)N1CCS(=O)(=O)CC1. The molecule has 4 bridgehead atoms. The normalized spacial score (nSPS) is 35.3. The summed E-state index contributed by atoms with van der Waals surface area (Å²) < 4.78 is 64.8. The van der Waals surface area contributed by atoms with Gasteiger partial charge in [-0.15, -0.1) is 0 Å². The third-order valence-corrected chi connectivity index (χ3v) is 9.34. The average molecular weight is 489 g/mol. The van der Waals surface area contributed by atoms with Crippen LogP contribution < -0.4 is 5.32 Å². The summed E-state index contributed by atoms with van der Waals surface area (Å²) in [7, 11) is -3.29. The lowest BCUT2D eigenvalue weighted by Crippen LogP contribution is -2.47. The van der Waals surface area contributed by atoms with Crippen molar-refractivity contribution in [2.24, 2.45) is 11.8 Å². The van der Waals surface area contributed by atoms with E-state index in [-0.39, 0.29) is 30.5 Å². The van der Waals surface area contributed by atoms with Crippen LogP contribution in [0.5, 0.6) is 0 Å². The molecule has 8 nitrogen and oxygen atoms in total. The Bertz CT molecular complexity index is 1050. The number of fused-ring (bicyclic) bond motifs is 1. The summed E-state index contributed by atoms with van der Waals surface area (Å²) >= 11 is 0. The first-order valence-corrected chi connectivity index (χ1v) is 13.1. The first-order valence-electron chi connectivity index (χ1n) is 11.3. The summed E-state index contributed by atoms with van der Waals surface area (Å²) in [6.07, 6.45) is 1.21. The maximum absolute atomic E-state index is 13.9. The second-order valence-corrected chi connectivity index (χ2v) is 12.6. The highest BCUT2D eigenvalue weighted by atomic mass is 32.2. The number of nitrogens with zero attached hydrogens (tertiary/aromatic N) is 3. The molecule has 12 heteroatoms. The van der Waals surface area contributed by atoms with Crippen LogP contribution in [-0.2, 0) is 16.0 Å². The predicted octanol–water partition coefficient (Wildman–Crippen LogP) is 2.25. The Morgan fingerprint density at radius 1 is 1.12 bits per heavy atom. The van der Waals surface area contributed by atoms with Crippen LogP contribution in [0.15, 0.2) is 6.20 Å².